The molecule has 0 aliphatic heterocycles. The van der Waals surface area contributed by atoms with Gasteiger partial charge in [-0.15, -0.1) is 0 Å². The van der Waals surface area contributed by atoms with Crippen LogP contribution in [0.3, 0.4) is 0 Å². The van der Waals surface area contributed by atoms with E-state index in [4.69, 9.17) is 4.74 Å². The van der Waals surface area contributed by atoms with Crippen LogP contribution in [0.5, 0.6) is 5.75 Å². The molecule has 0 bridgehead atoms. The molecule has 1 heterocycles. The number of aromatic nitrogens is 2. The molecule has 1 fully saturated rings. The van der Waals surface area contributed by atoms with Gasteiger partial charge < -0.3 is 20.1 Å². The highest BCUT2D eigenvalue weighted by Crippen LogP contribution is 2.27. The maximum Gasteiger partial charge on any atom is 0.308 e. The van der Waals surface area contributed by atoms with Crippen molar-refractivity contribution in [1.29, 1.82) is 0 Å². The second kappa shape index (κ2) is 6.40. The smallest absolute Gasteiger partial charge is 0.308 e. The number of rotatable bonds is 4. The van der Waals surface area contributed by atoms with Crippen molar-refractivity contribution < 1.29 is 14.6 Å². The second-order valence-corrected chi connectivity index (χ2v) is 4.95. The van der Waals surface area contributed by atoms with E-state index in [1.54, 1.807) is 0 Å². The third-order valence-electron chi connectivity index (χ3n) is 3.67. The molecule has 0 radical (unpaired) electrons. The first-order valence-electron chi connectivity index (χ1n) is 6.74. The lowest BCUT2D eigenvalue weighted by atomic mass is 9.95. The molecule has 0 saturated heterocycles. The van der Waals surface area contributed by atoms with Gasteiger partial charge in [0.2, 0.25) is 5.75 Å². The number of carboxylic acid groups (broad SMARTS) is 1. The van der Waals surface area contributed by atoms with E-state index in [2.05, 4.69) is 15.3 Å². The molecule has 1 aliphatic rings. The number of carbonyl (C=O) groups is 1. The van der Waals surface area contributed by atoms with Crippen molar-refractivity contribution in [2.24, 2.45) is 5.92 Å². The van der Waals surface area contributed by atoms with Gasteiger partial charge in [0.25, 0.3) is 5.56 Å². The van der Waals surface area contributed by atoms with Gasteiger partial charge in [0.15, 0.2) is 5.82 Å². The molecule has 20 heavy (non-hydrogen) atoms. The molecular formula is C13H19N3O4. The van der Waals surface area contributed by atoms with Crippen LogP contribution >= 0.6 is 0 Å². The summed E-state index contributed by atoms with van der Waals surface area (Å²) in [4.78, 5) is 29.5. The van der Waals surface area contributed by atoms with Crippen LogP contribution in [0.4, 0.5) is 5.82 Å². The van der Waals surface area contributed by atoms with E-state index >= 15 is 0 Å². The first-order chi connectivity index (χ1) is 9.63. The molecule has 7 heteroatoms. The Balaban J connectivity index is 2.24. The van der Waals surface area contributed by atoms with Gasteiger partial charge >= 0.3 is 5.97 Å². The highest BCUT2D eigenvalue weighted by Gasteiger charge is 2.30. The molecule has 1 aromatic heterocycles. The minimum Gasteiger partial charge on any atom is -0.489 e. The topological polar surface area (TPSA) is 104 Å². The summed E-state index contributed by atoms with van der Waals surface area (Å²) in [5.74, 6) is -0.896. The fraction of sp³-hybridized carbons (Fsp3) is 0.615. The van der Waals surface area contributed by atoms with Crippen molar-refractivity contribution in [3.05, 3.63) is 16.7 Å². The zero-order valence-electron chi connectivity index (χ0n) is 11.4. The average molecular weight is 281 g/mol. The first-order valence-corrected chi connectivity index (χ1v) is 6.74. The van der Waals surface area contributed by atoms with E-state index in [1.807, 2.05) is 0 Å². The molecule has 1 aliphatic carbocycles. The predicted octanol–water partition coefficient (Wildman–Crippen LogP) is 1.22. The van der Waals surface area contributed by atoms with Crippen LogP contribution in [0, 0.1) is 5.92 Å². The Morgan fingerprint density at radius 2 is 2.20 bits per heavy atom. The number of nitrogens with one attached hydrogen (secondary N) is 2. The molecule has 2 rings (SSSR count). The van der Waals surface area contributed by atoms with Crippen LogP contribution in [-0.2, 0) is 4.79 Å². The van der Waals surface area contributed by atoms with Crippen LogP contribution in [0.15, 0.2) is 11.1 Å². The van der Waals surface area contributed by atoms with E-state index in [9.17, 15) is 14.7 Å². The number of hydrogen-bond acceptors (Lipinski definition) is 5. The lowest BCUT2D eigenvalue weighted by Crippen LogP contribution is -2.34. The number of ether oxygens (including phenoxy) is 1. The van der Waals surface area contributed by atoms with Gasteiger partial charge in [-0.2, -0.15) is 0 Å². The van der Waals surface area contributed by atoms with Gasteiger partial charge in [0.1, 0.15) is 0 Å². The van der Waals surface area contributed by atoms with Gasteiger partial charge in [-0.3, -0.25) is 9.59 Å². The zero-order valence-corrected chi connectivity index (χ0v) is 11.4. The van der Waals surface area contributed by atoms with Gasteiger partial charge in [0, 0.05) is 6.04 Å². The van der Waals surface area contributed by atoms with Crippen molar-refractivity contribution >= 4 is 11.8 Å². The summed E-state index contributed by atoms with van der Waals surface area (Å²) >= 11 is 0. The van der Waals surface area contributed by atoms with Crippen molar-refractivity contribution in [3.63, 3.8) is 0 Å². The monoisotopic (exact) mass is 281 g/mol. The number of H-pyrrole nitrogens is 1. The third kappa shape index (κ3) is 3.09. The number of nitrogens with zero attached hydrogens (tertiary/aromatic N) is 1. The van der Waals surface area contributed by atoms with Crippen LogP contribution in [-0.4, -0.2) is 34.2 Å². The number of carboxylic acids is 1. The molecule has 2 unspecified atom stereocenters. The fourth-order valence-corrected chi connectivity index (χ4v) is 2.63. The number of anilines is 1. The van der Waals surface area contributed by atoms with Crippen LogP contribution < -0.4 is 15.6 Å². The Morgan fingerprint density at radius 3 is 2.90 bits per heavy atom. The summed E-state index contributed by atoms with van der Waals surface area (Å²) in [6, 6.07) is -0.238. The molecule has 110 valence electrons. The van der Waals surface area contributed by atoms with Gasteiger partial charge in [-0.1, -0.05) is 19.3 Å². The van der Waals surface area contributed by atoms with Crippen molar-refractivity contribution in [1.82, 2.24) is 9.97 Å². The molecule has 0 aromatic carbocycles. The van der Waals surface area contributed by atoms with Crippen LogP contribution in [0.2, 0.25) is 0 Å². The lowest BCUT2D eigenvalue weighted by molar-refractivity contribution is -0.142. The number of aromatic amines is 1. The minimum atomic E-state index is -0.812. The third-order valence-corrected chi connectivity index (χ3v) is 3.67. The van der Waals surface area contributed by atoms with E-state index < -0.39 is 11.9 Å². The molecular weight excluding hydrogens is 262 g/mol. The van der Waals surface area contributed by atoms with Crippen molar-refractivity contribution in [3.8, 4) is 5.75 Å². The molecule has 0 spiro atoms. The number of aliphatic carboxylic acids is 1. The normalized spacial score (nSPS) is 22.9. The number of hydrogen-bond donors (Lipinski definition) is 3. The SMILES string of the molecule is COc1c(NC2CCCCCC2C(=O)O)nc[nH]c1=O. The van der Waals surface area contributed by atoms with E-state index in [0.717, 1.165) is 25.7 Å². The van der Waals surface area contributed by atoms with Crippen molar-refractivity contribution in [2.75, 3.05) is 12.4 Å². The first kappa shape index (κ1) is 14.4. The molecule has 2 atom stereocenters. The van der Waals surface area contributed by atoms with E-state index in [1.165, 1.54) is 13.4 Å². The van der Waals surface area contributed by atoms with E-state index in [-0.39, 0.29) is 17.4 Å². The predicted molar refractivity (Wildman–Crippen MR) is 73.0 cm³/mol. The summed E-state index contributed by atoms with van der Waals surface area (Å²) in [7, 11) is 1.39. The summed E-state index contributed by atoms with van der Waals surface area (Å²) in [6.07, 6.45) is 5.57. The second-order valence-electron chi connectivity index (χ2n) is 4.95. The largest absolute Gasteiger partial charge is 0.489 e. The van der Waals surface area contributed by atoms with E-state index in [0.29, 0.717) is 12.2 Å². The molecule has 7 nitrogen and oxygen atoms in total. The zero-order chi connectivity index (χ0) is 14.5. The maximum atomic E-state index is 11.6. The molecule has 1 aromatic rings. The molecule has 3 N–H and O–H groups in total. The molecule has 1 saturated carbocycles. The molecule has 0 amide bonds. The highest BCUT2D eigenvalue weighted by atomic mass is 16.5. The fourth-order valence-electron chi connectivity index (χ4n) is 2.63. The Hall–Kier alpha value is -2.05. The Kier molecular flexibility index (Phi) is 4.60. The number of methoxy groups -OCH3 is 1. The summed E-state index contributed by atoms with van der Waals surface area (Å²) in [6.45, 7) is 0. The van der Waals surface area contributed by atoms with Gasteiger partial charge in [-0.05, 0) is 12.8 Å². The summed E-state index contributed by atoms with van der Waals surface area (Å²) in [5, 5.41) is 12.4. The van der Waals surface area contributed by atoms with Crippen LogP contribution in [0.25, 0.3) is 0 Å². The Labute approximate surface area is 116 Å². The maximum absolute atomic E-state index is 11.6. The summed E-state index contributed by atoms with van der Waals surface area (Å²) in [5.41, 5.74) is -0.384. The Morgan fingerprint density at radius 1 is 1.45 bits per heavy atom. The lowest BCUT2D eigenvalue weighted by Gasteiger charge is -2.23. The van der Waals surface area contributed by atoms with Gasteiger partial charge in [-0.25, -0.2) is 4.98 Å². The standard InChI is InChI=1S/C13H19N3O4/c1-20-10-11(14-7-15-12(10)17)16-9-6-4-2-3-5-8(9)13(18)19/h7-9H,2-6H2,1H3,(H,18,19)(H2,14,15,16,17). The quantitative estimate of drug-likeness (QED) is 0.717. The van der Waals surface area contributed by atoms with Crippen molar-refractivity contribution in [2.45, 2.75) is 38.1 Å². The Bertz CT molecular complexity index is 529. The van der Waals surface area contributed by atoms with Crippen LogP contribution in [0.1, 0.15) is 32.1 Å². The van der Waals surface area contributed by atoms with Gasteiger partial charge in [0.05, 0.1) is 19.4 Å². The highest BCUT2D eigenvalue weighted by molar-refractivity contribution is 5.71. The summed E-state index contributed by atoms with van der Waals surface area (Å²) < 4.78 is 5.03. The average Bonchev–Trinajstić information content (AvgIpc) is 2.64. The minimum absolute atomic E-state index is 0.0842.